The second-order valence-corrected chi connectivity index (χ2v) is 17.7. The number of hydrogen-bond acceptors (Lipinski definition) is 4. The van der Waals surface area contributed by atoms with Crippen LogP contribution in [-0.4, -0.2) is 6.10 Å². The van der Waals surface area contributed by atoms with E-state index in [1.165, 1.54) is 77.0 Å². The summed E-state index contributed by atoms with van der Waals surface area (Å²) in [7, 11) is 0. The standard InChI is InChI=1S/C45H63N3O/c1-30(2)9-8-10-31(3)43-42(29-41-39-25-12-32-11-6-7-27-44(32,4)40(39)26-28-45(41,43)5)49-38-23-21-37(22-24-38)48(35-17-13-33(46)14-18-35)36-19-15-34(47)16-20-36/h13-24,30-32,39-43H,6-12,25-29,46-47H2,1-5H3/t31-,32?,39-,40+,41+,42?,43+,44+,45+/m1/s1. The van der Waals surface area contributed by atoms with Gasteiger partial charge >= 0.3 is 0 Å². The van der Waals surface area contributed by atoms with Crippen LogP contribution >= 0.6 is 0 Å². The van der Waals surface area contributed by atoms with Crippen molar-refractivity contribution in [3.05, 3.63) is 72.8 Å². The molecule has 4 fully saturated rings. The minimum Gasteiger partial charge on any atom is -0.490 e. The maximum Gasteiger partial charge on any atom is 0.119 e. The Labute approximate surface area is 297 Å². The third-order valence-corrected chi connectivity index (χ3v) is 14.4. The van der Waals surface area contributed by atoms with E-state index in [2.05, 4.69) is 88.0 Å². The molecule has 49 heavy (non-hydrogen) atoms. The highest BCUT2D eigenvalue weighted by Gasteiger charge is 2.63. The van der Waals surface area contributed by atoms with Crippen LogP contribution in [0, 0.1) is 52.3 Å². The maximum atomic E-state index is 7.23. The Bertz CT molecular complexity index is 1490. The van der Waals surface area contributed by atoms with Gasteiger partial charge in [0, 0.05) is 34.4 Å². The SMILES string of the molecule is CC(C)CCC[C@@H](C)[C@H]1C(Oc2ccc(N(c3ccc(N)cc3)c3ccc(N)cc3)cc2)C[C@H]2[C@@H]3CCC4CCCC[C@]4(C)[C@H]3CC[C@]12C. The lowest BCUT2D eigenvalue weighted by Crippen LogP contribution is -2.53. The molecule has 2 unspecified atom stereocenters. The van der Waals surface area contributed by atoms with Crippen LogP contribution in [0.4, 0.5) is 28.4 Å². The smallest absolute Gasteiger partial charge is 0.119 e. The lowest BCUT2D eigenvalue weighted by atomic mass is 9.44. The molecule has 4 nitrogen and oxygen atoms in total. The van der Waals surface area contributed by atoms with Gasteiger partial charge in [-0.15, -0.1) is 0 Å². The van der Waals surface area contributed by atoms with Crippen LogP contribution in [0.2, 0.25) is 0 Å². The van der Waals surface area contributed by atoms with Gasteiger partial charge in [-0.05, 0) is 164 Å². The highest BCUT2D eigenvalue weighted by Crippen LogP contribution is 2.68. The number of benzene rings is 3. The topological polar surface area (TPSA) is 64.5 Å². The van der Waals surface area contributed by atoms with Gasteiger partial charge in [-0.3, -0.25) is 0 Å². The molecule has 4 aliphatic carbocycles. The monoisotopic (exact) mass is 661 g/mol. The third kappa shape index (κ3) is 6.59. The van der Waals surface area contributed by atoms with Crippen molar-refractivity contribution in [3.63, 3.8) is 0 Å². The van der Waals surface area contributed by atoms with Crippen LogP contribution in [0.1, 0.15) is 112 Å². The Hall–Kier alpha value is -3.14. The fourth-order valence-electron chi connectivity index (χ4n) is 12.0. The predicted octanol–water partition coefficient (Wildman–Crippen LogP) is 12.2. The average molecular weight is 662 g/mol. The lowest BCUT2D eigenvalue weighted by Gasteiger charge is -2.60. The fourth-order valence-corrected chi connectivity index (χ4v) is 12.0. The van der Waals surface area contributed by atoms with Gasteiger partial charge in [0.15, 0.2) is 0 Å². The van der Waals surface area contributed by atoms with Crippen LogP contribution in [0.5, 0.6) is 5.75 Å². The molecule has 0 spiro atoms. The minimum absolute atomic E-state index is 0.274. The number of hydrogen-bond donors (Lipinski definition) is 2. The number of ether oxygens (including phenoxy) is 1. The summed E-state index contributed by atoms with van der Waals surface area (Å²) < 4.78 is 7.23. The van der Waals surface area contributed by atoms with Crippen LogP contribution < -0.4 is 21.1 Å². The Morgan fingerprint density at radius 2 is 1.31 bits per heavy atom. The molecule has 4 aliphatic rings. The summed E-state index contributed by atoms with van der Waals surface area (Å²) in [5.41, 5.74) is 17.8. The van der Waals surface area contributed by atoms with Gasteiger partial charge in [0.2, 0.25) is 0 Å². The Morgan fingerprint density at radius 1 is 0.694 bits per heavy atom. The molecule has 264 valence electrons. The van der Waals surface area contributed by atoms with Crippen molar-refractivity contribution in [2.75, 3.05) is 16.4 Å². The lowest BCUT2D eigenvalue weighted by molar-refractivity contribution is -0.115. The molecule has 7 rings (SSSR count). The first-order valence-electron chi connectivity index (χ1n) is 19.8. The number of nitrogens with two attached hydrogens (primary N) is 2. The van der Waals surface area contributed by atoms with E-state index in [0.717, 1.165) is 63.8 Å². The molecule has 0 saturated heterocycles. The van der Waals surface area contributed by atoms with E-state index in [0.29, 0.717) is 22.7 Å². The van der Waals surface area contributed by atoms with Crippen LogP contribution in [0.25, 0.3) is 0 Å². The highest BCUT2D eigenvalue weighted by atomic mass is 16.5. The van der Waals surface area contributed by atoms with Crippen molar-refractivity contribution < 1.29 is 4.74 Å². The molecular formula is C45H63N3O. The number of nitrogens with zero attached hydrogens (tertiary/aromatic N) is 1. The van der Waals surface area contributed by atoms with Crippen molar-refractivity contribution in [2.24, 2.45) is 52.3 Å². The summed E-state index contributed by atoms with van der Waals surface area (Å²) in [5, 5.41) is 0. The number of rotatable bonds is 10. The van der Waals surface area contributed by atoms with Gasteiger partial charge in [-0.25, -0.2) is 0 Å². The summed E-state index contributed by atoms with van der Waals surface area (Å²) in [6, 6.07) is 25.0. The molecule has 0 heterocycles. The molecule has 4 heteroatoms. The van der Waals surface area contributed by atoms with Gasteiger partial charge in [0.25, 0.3) is 0 Å². The first-order valence-corrected chi connectivity index (χ1v) is 19.8. The second kappa shape index (κ2) is 13.9. The molecule has 0 radical (unpaired) electrons. The van der Waals surface area contributed by atoms with Crippen molar-refractivity contribution in [3.8, 4) is 5.75 Å². The van der Waals surface area contributed by atoms with E-state index in [-0.39, 0.29) is 6.10 Å². The van der Waals surface area contributed by atoms with Crippen molar-refractivity contribution >= 4 is 28.4 Å². The van der Waals surface area contributed by atoms with Gasteiger partial charge in [0.1, 0.15) is 11.9 Å². The third-order valence-electron chi connectivity index (χ3n) is 14.4. The molecule has 9 atom stereocenters. The summed E-state index contributed by atoms with van der Waals surface area (Å²) in [5.74, 6) is 6.56. The molecule has 0 aliphatic heterocycles. The molecule has 4 N–H and O–H groups in total. The van der Waals surface area contributed by atoms with Gasteiger partial charge in [-0.1, -0.05) is 66.7 Å². The zero-order chi connectivity index (χ0) is 34.3. The molecule has 4 saturated carbocycles. The number of anilines is 5. The summed E-state index contributed by atoms with van der Waals surface area (Å²) in [6.07, 6.45) is 17.1. The minimum atomic E-state index is 0.274. The van der Waals surface area contributed by atoms with Crippen molar-refractivity contribution in [2.45, 2.75) is 118 Å². The largest absolute Gasteiger partial charge is 0.490 e. The van der Waals surface area contributed by atoms with Crippen LogP contribution in [0.3, 0.4) is 0 Å². The second-order valence-electron chi connectivity index (χ2n) is 17.7. The van der Waals surface area contributed by atoms with Crippen molar-refractivity contribution in [1.29, 1.82) is 0 Å². The van der Waals surface area contributed by atoms with E-state index in [4.69, 9.17) is 16.2 Å². The average Bonchev–Trinajstić information content (AvgIpc) is 3.38. The summed E-state index contributed by atoms with van der Waals surface area (Å²) >= 11 is 0. The Balaban J connectivity index is 1.16. The highest BCUT2D eigenvalue weighted by molar-refractivity contribution is 5.78. The molecule has 0 amide bonds. The van der Waals surface area contributed by atoms with E-state index in [1.807, 2.05) is 24.3 Å². The first-order chi connectivity index (χ1) is 23.6. The quantitative estimate of drug-likeness (QED) is 0.212. The van der Waals surface area contributed by atoms with E-state index < -0.39 is 0 Å². The van der Waals surface area contributed by atoms with E-state index in [1.54, 1.807) is 0 Å². The first kappa shape index (κ1) is 34.3. The molecular weight excluding hydrogens is 599 g/mol. The molecule has 0 bridgehead atoms. The van der Waals surface area contributed by atoms with Gasteiger partial charge in [0.05, 0.1) is 0 Å². The van der Waals surface area contributed by atoms with Crippen molar-refractivity contribution in [1.82, 2.24) is 0 Å². The predicted molar refractivity (Wildman–Crippen MR) is 207 cm³/mol. The van der Waals surface area contributed by atoms with Gasteiger partial charge < -0.3 is 21.1 Å². The van der Waals surface area contributed by atoms with E-state index >= 15 is 0 Å². The zero-order valence-corrected chi connectivity index (χ0v) is 31.0. The van der Waals surface area contributed by atoms with E-state index in [9.17, 15) is 0 Å². The summed E-state index contributed by atoms with van der Waals surface area (Å²) in [6.45, 7) is 12.7. The Kier molecular flexibility index (Phi) is 9.72. The van der Waals surface area contributed by atoms with Crippen LogP contribution in [0.15, 0.2) is 72.8 Å². The maximum absolute atomic E-state index is 7.23. The molecule has 0 aromatic heterocycles. The summed E-state index contributed by atoms with van der Waals surface area (Å²) in [4.78, 5) is 2.26. The molecule has 3 aromatic carbocycles. The fraction of sp³-hybridized carbons (Fsp3) is 0.600. The molecule has 3 aromatic rings. The Morgan fingerprint density at radius 3 is 1.92 bits per heavy atom. The van der Waals surface area contributed by atoms with Gasteiger partial charge in [-0.2, -0.15) is 0 Å². The number of fused-ring (bicyclic) bond motifs is 5. The normalized spacial score (nSPS) is 32.9. The zero-order valence-electron chi connectivity index (χ0n) is 31.0. The number of nitrogen functional groups attached to an aromatic ring is 2. The van der Waals surface area contributed by atoms with Crippen LogP contribution in [-0.2, 0) is 0 Å².